The molecule has 0 aliphatic heterocycles. The topological polar surface area (TPSA) is 52.5 Å². The maximum atomic E-state index is 5.70. The minimum Gasteiger partial charge on any atom is -0.371 e. The average molecular weight is 205 g/mol. The molecule has 15 heavy (non-hydrogen) atoms. The largest absolute Gasteiger partial charge is 0.371 e. The Morgan fingerprint density at radius 2 is 2.33 bits per heavy atom. The zero-order valence-electron chi connectivity index (χ0n) is 8.97. The molecule has 0 saturated heterocycles. The molecule has 4 nitrogen and oxygen atoms in total. The number of hydrogen-bond donors (Lipinski definition) is 1. The van der Waals surface area contributed by atoms with Gasteiger partial charge < -0.3 is 14.9 Å². The molecule has 2 N–H and O–H groups in total. The van der Waals surface area contributed by atoms with Crippen LogP contribution >= 0.6 is 0 Å². The summed E-state index contributed by atoms with van der Waals surface area (Å²) in [4.78, 5) is 4.48. The van der Waals surface area contributed by atoms with Gasteiger partial charge >= 0.3 is 0 Å². The SMILES string of the molecule is COC(C)(CN)c1cn2ccccc2n1. The van der Waals surface area contributed by atoms with E-state index in [-0.39, 0.29) is 0 Å². The Kier molecular flexibility index (Phi) is 2.46. The van der Waals surface area contributed by atoms with Crippen LogP contribution in [0.15, 0.2) is 30.6 Å². The van der Waals surface area contributed by atoms with E-state index in [0.29, 0.717) is 6.54 Å². The summed E-state index contributed by atoms with van der Waals surface area (Å²) in [5, 5.41) is 0. The van der Waals surface area contributed by atoms with E-state index in [1.807, 2.05) is 41.9 Å². The normalized spacial score (nSPS) is 15.4. The van der Waals surface area contributed by atoms with Crippen molar-refractivity contribution < 1.29 is 4.74 Å². The standard InChI is InChI=1S/C11H15N3O/c1-11(8-12,15-2)9-7-14-6-4-3-5-10(14)13-9/h3-7H,8,12H2,1-2H3. The molecule has 1 unspecified atom stereocenters. The van der Waals surface area contributed by atoms with E-state index < -0.39 is 5.60 Å². The van der Waals surface area contributed by atoms with Crippen LogP contribution in [-0.4, -0.2) is 23.0 Å². The molecule has 0 bridgehead atoms. The molecule has 0 fully saturated rings. The van der Waals surface area contributed by atoms with Gasteiger partial charge in [-0.1, -0.05) is 6.07 Å². The van der Waals surface area contributed by atoms with E-state index in [9.17, 15) is 0 Å². The van der Waals surface area contributed by atoms with Gasteiger partial charge in [0.05, 0.1) is 5.69 Å². The molecule has 2 rings (SSSR count). The summed E-state index contributed by atoms with van der Waals surface area (Å²) in [6.07, 6.45) is 3.91. The molecular formula is C11H15N3O. The summed E-state index contributed by atoms with van der Waals surface area (Å²) in [5.41, 5.74) is 6.96. The summed E-state index contributed by atoms with van der Waals surface area (Å²) in [5.74, 6) is 0. The molecule has 0 spiro atoms. The molecule has 0 aliphatic rings. The highest BCUT2D eigenvalue weighted by Gasteiger charge is 2.27. The summed E-state index contributed by atoms with van der Waals surface area (Å²) in [7, 11) is 1.65. The fourth-order valence-electron chi connectivity index (χ4n) is 1.48. The van der Waals surface area contributed by atoms with Crippen molar-refractivity contribution in [3.8, 4) is 0 Å². The quantitative estimate of drug-likeness (QED) is 0.818. The number of methoxy groups -OCH3 is 1. The van der Waals surface area contributed by atoms with E-state index in [4.69, 9.17) is 10.5 Å². The van der Waals surface area contributed by atoms with Crippen LogP contribution in [0.1, 0.15) is 12.6 Å². The van der Waals surface area contributed by atoms with Crippen molar-refractivity contribution in [3.63, 3.8) is 0 Å². The van der Waals surface area contributed by atoms with Crippen molar-refractivity contribution in [1.29, 1.82) is 0 Å². The lowest BCUT2D eigenvalue weighted by atomic mass is 10.0. The van der Waals surface area contributed by atoms with Crippen LogP contribution < -0.4 is 5.73 Å². The molecule has 0 radical (unpaired) electrons. The number of fused-ring (bicyclic) bond motifs is 1. The molecular weight excluding hydrogens is 190 g/mol. The molecule has 0 saturated carbocycles. The fourth-order valence-corrected chi connectivity index (χ4v) is 1.48. The summed E-state index contributed by atoms with van der Waals surface area (Å²) >= 11 is 0. The molecule has 2 aromatic heterocycles. The number of aromatic nitrogens is 2. The van der Waals surface area contributed by atoms with Gasteiger partial charge in [-0.3, -0.25) is 0 Å². The van der Waals surface area contributed by atoms with Crippen LogP contribution in [0.4, 0.5) is 0 Å². The highest BCUT2D eigenvalue weighted by atomic mass is 16.5. The lowest BCUT2D eigenvalue weighted by Crippen LogP contribution is -2.34. The van der Waals surface area contributed by atoms with Crippen molar-refractivity contribution >= 4 is 5.65 Å². The van der Waals surface area contributed by atoms with Gasteiger partial charge in [-0.15, -0.1) is 0 Å². The van der Waals surface area contributed by atoms with E-state index in [1.165, 1.54) is 0 Å². The van der Waals surface area contributed by atoms with Gasteiger partial charge in [0.15, 0.2) is 0 Å². The van der Waals surface area contributed by atoms with Gasteiger partial charge in [0, 0.05) is 26.0 Å². The maximum absolute atomic E-state index is 5.70. The monoisotopic (exact) mass is 205 g/mol. The molecule has 2 aromatic rings. The Hall–Kier alpha value is -1.39. The van der Waals surface area contributed by atoms with Gasteiger partial charge in [0.25, 0.3) is 0 Å². The molecule has 80 valence electrons. The Morgan fingerprint density at radius 1 is 1.53 bits per heavy atom. The Labute approximate surface area is 88.7 Å². The van der Waals surface area contributed by atoms with Crippen LogP contribution in [0.3, 0.4) is 0 Å². The summed E-state index contributed by atoms with van der Waals surface area (Å²) < 4.78 is 7.36. The van der Waals surface area contributed by atoms with E-state index in [0.717, 1.165) is 11.3 Å². The van der Waals surface area contributed by atoms with E-state index in [1.54, 1.807) is 7.11 Å². The molecule has 0 aromatic carbocycles. The van der Waals surface area contributed by atoms with Crippen molar-refractivity contribution in [2.45, 2.75) is 12.5 Å². The molecule has 2 heterocycles. The summed E-state index contributed by atoms with van der Waals surface area (Å²) in [6, 6.07) is 5.87. The van der Waals surface area contributed by atoms with Crippen LogP contribution in [0.25, 0.3) is 5.65 Å². The predicted molar refractivity (Wildman–Crippen MR) is 58.6 cm³/mol. The zero-order valence-corrected chi connectivity index (χ0v) is 8.97. The maximum Gasteiger partial charge on any atom is 0.137 e. The van der Waals surface area contributed by atoms with Gasteiger partial charge in [0.1, 0.15) is 11.2 Å². The number of imidazole rings is 1. The third-order valence-corrected chi connectivity index (χ3v) is 2.75. The Morgan fingerprint density at radius 3 is 2.93 bits per heavy atom. The highest BCUT2D eigenvalue weighted by molar-refractivity contribution is 5.40. The van der Waals surface area contributed by atoms with Gasteiger partial charge in [0.2, 0.25) is 0 Å². The highest BCUT2D eigenvalue weighted by Crippen LogP contribution is 2.22. The smallest absolute Gasteiger partial charge is 0.137 e. The molecule has 4 heteroatoms. The second kappa shape index (κ2) is 3.64. The van der Waals surface area contributed by atoms with Crippen LogP contribution in [-0.2, 0) is 10.3 Å². The minimum absolute atomic E-state index is 0.410. The van der Waals surface area contributed by atoms with Gasteiger partial charge in [-0.25, -0.2) is 4.98 Å². The lowest BCUT2D eigenvalue weighted by molar-refractivity contribution is 0.00683. The first-order valence-electron chi connectivity index (χ1n) is 4.89. The van der Waals surface area contributed by atoms with Crippen molar-refractivity contribution in [2.24, 2.45) is 5.73 Å². The summed E-state index contributed by atoms with van der Waals surface area (Å²) in [6.45, 7) is 2.35. The van der Waals surface area contributed by atoms with Crippen LogP contribution in [0.5, 0.6) is 0 Å². The van der Waals surface area contributed by atoms with E-state index in [2.05, 4.69) is 4.98 Å². The lowest BCUT2D eigenvalue weighted by Gasteiger charge is -2.23. The zero-order chi connectivity index (χ0) is 10.9. The number of pyridine rings is 1. The number of ether oxygens (including phenoxy) is 1. The van der Waals surface area contributed by atoms with Crippen molar-refractivity contribution in [2.75, 3.05) is 13.7 Å². The third kappa shape index (κ3) is 1.62. The minimum atomic E-state index is -0.508. The number of hydrogen-bond acceptors (Lipinski definition) is 3. The number of nitrogens with two attached hydrogens (primary N) is 1. The Balaban J connectivity index is 2.52. The van der Waals surface area contributed by atoms with E-state index >= 15 is 0 Å². The predicted octanol–water partition coefficient (Wildman–Crippen LogP) is 1.15. The number of nitrogens with zero attached hydrogens (tertiary/aromatic N) is 2. The Bertz CT molecular complexity index is 427. The van der Waals surface area contributed by atoms with Crippen LogP contribution in [0.2, 0.25) is 0 Å². The first kappa shape index (κ1) is 10.1. The molecule has 0 aliphatic carbocycles. The van der Waals surface area contributed by atoms with Crippen molar-refractivity contribution in [3.05, 3.63) is 36.3 Å². The number of rotatable bonds is 3. The molecule has 1 atom stereocenters. The average Bonchev–Trinajstić information content (AvgIpc) is 2.72. The second-order valence-corrected chi connectivity index (χ2v) is 3.73. The second-order valence-electron chi connectivity index (χ2n) is 3.73. The molecule has 0 amide bonds. The van der Waals surface area contributed by atoms with Gasteiger partial charge in [-0.05, 0) is 19.1 Å². The first-order chi connectivity index (χ1) is 7.19. The third-order valence-electron chi connectivity index (χ3n) is 2.75. The van der Waals surface area contributed by atoms with Crippen LogP contribution in [0, 0.1) is 0 Å². The first-order valence-corrected chi connectivity index (χ1v) is 4.89. The van der Waals surface area contributed by atoms with Crippen molar-refractivity contribution in [1.82, 2.24) is 9.38 Å². The van der Waals surface area contributed by atoms with Gasteiger partial charge in [-0.2, -0.15) is 0 Å². The fraction of sp³-hybridized carbons (Fsp3) is 0.364.